The minimum absolute atomic E-state index is 0.0361. The van der Waals surface area contributed by atoms with Gasteiger partial charge >= 0.3 is 10.1 Å². The summed E-state index contributed by atoms with van der Waals surface area (Å²) in [6.45, 7) is 2.09. The van der Waals surface area contributed by atoms with Crippen LogP contribution in [0.25, 0.3) is 6.08 Å². The van der Waals surface area contributed by atoms with Crippen LogP contribution in [0.1, 0.15) is 31.7 Å². The fourth-order valence-electron chi connectivity index (χ4n) is 3.01. The highest BCUT2D eigenvalue weighted by atomic mass is 32.2. The fraction of sp³-hybridized carbons (Fsp3) is 0.182. The highest BCUT2D eigenvalue weighted by Gasteiger charge is 2.35. The predicted molar refractivity (Wildman–Crippen MR) is 125 cm³/mol. The van der Waals surface area contributed by atoms with Crippen LogP contribution in [0.3, 0.4) is 0 Å². The van der Waals surface area contributed by atoms with E-state index in [2.05, 4.69) is 17.0 Å². The molecule has 32 heavy (non-hydrogen) atoms. The van der Waals surface area contributed by atoms with Gasteiger partial charge in [0, 0.05) is 0 Å². The van der Waals surface area contributed by atoms with E-state index in [1.807, 2.05) is 0 Å². The first-order chi connectivity index (χ1) is 15.4. The van der Waals surface area contributed by atoms with Crippen LogP contribution in [-0.4, -0.2) is 35.4 Å². The molecule has 0 unspecified atom stereocenters. The summed E-state index contributed by atoms with van der Waals surface area (Å²) in [5, 5.41) is 15.4. The molecule has 0 bridgehead atoms. The number of nitrogens with zero attached hydrogens (tertiary/aromatic N) is 3. The van der Waals surface area contributed by atoms with Crippen molar-refractivity contribution in [3.05, 3.63) is 65.7 Å². The molecule has 0 saturated heterocycles. The van der Waals surface area contributed by atoms with Gasteiger partial charge in [-0.15, -0.1) is 0 Å². The molecule has 2 aromatic rings. The zero-order valence-electron chi connectivity index (χ0n) is 17.2. The summed E-state index contributed by atoms with van der Waals surface area (Å²) in [6.07, 6.45) is 4.32. The number of hydrogen-bond acceptors (Lipinski definition) is 7. The maximum Gasteiger partial charge on any atom is 0.339 e. The Kier molecular flexibility index (Phi) is 6.24. The third-order valence-corrected chi connectivity index (χ3v) is 6.90. The van der Waals surface area contributed by atoms with Gasteiger partial charge in [-0.3, -0.25) is 10.2 Å². The normalized spacial score (nSPS) is 17.3. The molecule has 0 saturated carbocycles. The minimum Gasteiger partial charge on any atom is -0.379 e. The maximum atomic E-state index is 12.5. The summed E-state index contributed by atoms with van der Waals surface area (Å²) in [7, 11) is -3.94. The van der Waals surface area contributed by atoms with Crippen LogP contribution < -0.4 is 4.18 Å². The van der Waals surface area contributed by atoms with E-state index in [4.69, 9.17) is 9.59 Å². The Morgan fingerprint density at radius 2 is 1.84 bits per heavy atom. The van der Waals surface area contributed by atoms with Crippen LogP contribution in [0.5, 0.6) is 5.75 Å². The van der Waals surface area contributed by atoms with E-state index >= 15 is 0 Å². The third-order valence-electron chi connectivity index (χ3n) is 4.67. The van der Waals surface area contributed by atoms with Crippen molar-refractivity contribution in [2.45, 2.75) is 31.1 Å². The van der Waals surface area contributed by atoms with Gasteiger partial charge in [-0.05, 0) is 60.5 Å². The SMILES string of the molecule is CCCCC1=NN2C(=N)C(=Cc3ccc(OS(=O)(=O)c4ccccc4)cc3)C(=O)N=C2S1. The van der Waals surface area contributed by atoms with Crippen molar-refractivity contribution < 1.29 is 17.4 Å². The Morgan fingerprint density at radius 3 is 2.53 bits per heavy atom. The van der Waals surface area contributed by atoms with Gasteiger partial charge in [0.25, 0.3) is 5.91 Å². The predicted octanol–water partition coefficient (Wildman–Crippen LogP) is 4.26. The van der Waals surface area contributed by atoms with E-state index in [1.165, 1.54) is 47.1 Å². The molecule has 2 aromatic carbocycles. The minimum atomic E-state index is -3.94. The first kappa shape index (κ1) is 22.0. The van der Waals surface area contributed by atoms with Crippen LogP contribution in [0.15, 0.2) is 75.2 Å². The number of nitrogens with one attached hydrogen (secondary N) is 1. The molecule has 1 N–H and O–H groups in total. The lowest BCUT2D eigenvalue weighted by atomic mass is 10.1. The van der Waals surface area contributed by atoms with E-state index in [9.17, 15) is 13.2 Å². The van der Waals surface area contributed by atoms with E-state index in [0.29, 0.717) is 10.7 Å². The summed E-state index contributed by atoms with van der Waals surface area (Å²) in [4.78, 5) is 16.6. The number of amidine groups is 2. The van der Waals surface area contributed by atoms with Crippen LogP contribution in [-0.2, 0) is 14.9 Å². The molecule has 0 atom stereocenters. The second-order valence-corrected chi connectivity index (χ2v) is 9.62. The van der Waals surface area contributed by atoms with Crippen LogP contribution >= 0.6 is 11.8 Å². The lowest BCUT2D eigenvalue weighted by molar-refractivity contribution is -0.114. The van der Waals surface area contributed by atoms with Crippen molar-refractivity contribution in [1.29, 1.82) is 5.41 Å². The summed E-state index contributed by atoms with van der Waals surface area (Å²) in [5.41, 5.74) is 0.712. The van der Waals surface area contributed by atoms with Crippen LogP contribution in [0.4, 0.5) is 0 Å². The maximum absolute atomic E-state index is 12.5. The summed E-state index contributed by atoms with van der Waals surface area (Å²) >= 11 is 1.32. The van der Waals surface area contributed by atoms with Crippen LogP contribution in [0.2, 0.25) is 0 Å². The van der Waals surface area contributed by atoms with Gasteiger partial charge in [-0.2, -0.15) is 23.5 Å². The fourth-order valence-corrected chi connectivity index (χ4v) is 4.89. The Balaban J connectivity index is 1.52. The Morgan fingerprint density at radius 1 is 1.12 bits per heavy atom. The monoisotopic (exact) mass is 468 g/mol. The highest BCUT2D eigenvalue weighted by molar-refractivity contribution is 8.26. The first-order valence-corrected chi connectivity index (χ1v) is 12.2. The van der Waals surface area contributed by atoms with Gasteiger partial charge in [-0.1, -0.05) is 43.7 Å². The number of hydrogen-bond donors (Lipinski definition) is 1. The van der Waals surface area contributed by atoms with E-state index in [-0.39, 0.29) is 22.1 Å². The summed E-state index contributed by atoms with van der Waals surface area (Å²) < 4.78 is 29.9. The second-order valence-electron chi connectivity index (χ2n) is 7.04. The number of unbranched alkanes of at least 4 members (excludes halogenated alkanes) is 1. The third kappa shape index (κ3) is 4.66. The topological polar surface area (TPSA) is 112 Å². The zero-order valence-corrected chi connectivity index (χ0v) is 18.8. The van der Waals surface area contributed by atoms with Crippen molar-refractivity contribution in [3.63, 3.8) is 0 Å². The molecule has 164 valence electrons. The van der Waals surface area contributed by atoms with Gasteiger partial charge in [0.1, 0.15) is 15.7 Å². The molecule has 1 amide bonds. The van der Waals surface area contributed by atoms with Crippen molar-refractivity contribution in [2.75, 3.05) is 0 Å². The number of carbonyl (C=O) groups excluding carboxylic acids is 1. The van der Waals surface area contributed by atoms with Gasteiger partial charge in [0.15, 0.2) is 5.84 Å². The van der Waals surface area contributed by atoms with Crippen molar-refractivity contribution >= 4 is 49.9 Å². The number of benzene rings is 2. The molecule has 0 fully saturated rings. The quantitative estimate of drug-likeness (QED) is 0.480. The molecule has 0 radical (unpaired) electrons. The van der Waals surface area contributed by atoms with Gasteiger partial charge in [0.05, 0.1) is 5.57 Å². The number of amides is 1. The molecule has 2 aliphatic heterocycles. The molecule has 2 aliphatic rings. The standard InChI is InChI=1S/C22H20N4O4S2/c1-2-3-9-19-25-26-20(23)18(21(27)24-22(26)31-19)14-15-10-12-16(13-11-15)30-32(28,29)17-7-5-4-6-8-17/h4-8,10-14,23H,2-3,9H2,1H3. The lowest BCUT2D eigenvalue weighted by Gasteiger charge is -2.20. The molecule has 8 nitrogen and oxygen atoms in total. The molecule has 0 aromatic heterocycles. The molecule has 0 aliphatic carbocycles. The van der Waals surface area contributed by atoms with Crippen molar-refractivity contribution in [2.24, 2.45) is 10.1 Å². The molecule has 2 heterocycles. The Bertz CT molecular complexity index is 1250. The lowest BCUT2D eigenvalue weighted by Crippen LogP contribution is -2.35. The Labute approximate surface area is 190 Å². The number of rotatable bonds is 7. The second kappa shape index (κ2) is 9.09. The smallest absolute Gasteiger partial charge is 0.339 e. The molecule has 10 heteroatoms. The largest absolute Gasteiger partial charge is 0.379 e. The molecular formula is C22H20N4O4S2. The number of carbonyl (C=O) groups is 1. The van der Waals surface area contributed by atoms with E-state index in [0.717, 1.165) is 24.3 Å². The number of hydrazone groups is 1. The first-order valence-electron chi connectivity index (χ1n) is 9.96. The van der Waals surface area contributed by atoms with Gasteiger partial charge < -0.3 is 4.18 Å². The van der Waals surface area contributed by atoms with Gasteiger partial charge in [-0.25, -0.2) is 0 Å². The molecular weight excluding hydrogens is 448 g/mol. The van der Waals surface area contributed by atoms with Crippen LogP contribution in [0, 0.1) is 5.41 Å². The van der Waals surface area contributed by atoms with Crippen molar-refractivity contribution in [1.82, 2.24) is 5.01 Å². The average Bonchev–Trinajstić information content (AvgIpc) is 3.19. The summed E-state index contributed by atoms with van der Waals surface area (Å²) in [5.74, 6) is -0.402. The number of fused-ring (bicyclic) bond motifs is 1. The van der Waals surface area contributed by atoms with E-state index in [1.54, 1.807) is 30.3 Å². The van der Waals surface area contributed by atoms with E-state index < -0.39 is 16.0 Å². The highest BCUT2D eigenvalue weighted by Crippen LogP contribution is 2.30. The van der Waals surface area contributed by atoms with Gasteiger partial charge in [0.2, 0.25) is 5.17 Å². The number of aliphatic imine (C=N–C) groups is 1. The Hall–Kier alpha value is -3.24. The average molecular weight is 469 g/mol. The van der Waals surface area contributed by atoms with Crippen molar-refractivity contribution in [3.8, 4) is 5.75 Å². The number of thioether (sulfide) groups is 1. The zero-order chi connectivity index (χ0) is 22.7. The summed E-state index contributed by atoms with van der Waals surface area (Å²) in [6, 6.07) is 14.1. The molecule has 0 spiro atoms. The molecule has 4 rings (SSSR count).